The maximum absolute atomic E-state index is 13.3. The summed E-state index contributed by atoms with van der Waals surface area (Å²) in [4.78, 5) is 31.7. The third-order valence-corrected chi connectivity index (χ3v) is 11.9. The van der Waals surface area contributed by atoms with Crippen molar-refractivity contribution in [1.82, 2.24) is 9.80 Å². The van der Waals surface area contributed by atoms with Crippen molar-refractivity contribution in [2.75, 3.05) is 19.0 Å². The number of rotatable bonds is 2. The Morgan fingerprint density at radius 2 is 1.08 bits per heavy atom. The van der Waals surface area contributed by atoms with Crippen molar-refractivity contribution in [3.63, 3.8) is 0 Å². The van der Waals surface area contributed by atoms with Crippen LogP contribution in [0, 0.1) is 0 Å². The molecule has 240 valence electrons. The molecule has 8 rings (SSSR count). The van der Waals surface area contributed by atoms with E-state index in [1.807, 2.05) is 6.08 Å². The molecule has 2 heterocycles. The lowest BCUT2D eigenvalue weighted by molar-refractivity contribution is -0.132. The Hall–Kier alpha value is -4.81. The van der Waals surface area contributed by atoms with Crippen LogP contribution in [0.15, 0.2) is 102 Å². The molecule has 4 aliphatic rings. The molecule has 4 aromatic rings. The monoisotopic (exact) mass is 649 g/mol. The quantitative estimate of drug-likeness (QED) is 0.124. The summed E-state index contributed by atoms with van der Waals surface area (Å²) < 4.78 is 0. The van der Waals surface area contributed by atoms with Gasteiger partial charge in [-0.3, -0.25) is 19.4 Å². The fourth-order valence-corrected chi connectivity index (χ4v) is 8.68. The summed E-state index contributed by atoms with van der Waals surface area (Å²) >= 11 is 5.35. The molecular formula is C42H39N3O2S. The standard InChI is InChI=1S/C42H39N3O2S/c1-40(2)30-15-11-9-13-25(30)27-18-17-24(21-32(27)40)45-35-23-33-29(26-14-10-12-16-31(26)41(33,3)4)22-34(35)42(5,6)36(45)20-19-28-37(46)43(7)39(48)44(8)38(28)47/h9-23H,1-8H3/b36-20+. The number of likely N-dealkylation sites (N-methyl/N-ethyl adjacent to an activating group) is 2. The van der Waals surface area contributed by atoms with Crippen molar-refractivity contribution in [2.24, 2.45) is 0 Å². The number of carbonyl (C=O) groups is 2. The van der Waals surface area contributed by atoms with Crippen LogP contribution in [0.25, 0.3) is 22.3 Å². The fraction of sp³-hybridized carbons (Fsp3) is 0.262. The zero-order chi connectivity index (χ0) is 34.1. The summed E-state index contributed by atoms with van der Waals surface area (Å²) in [5.41, 5.74) is 14.0. The molecule has 0 bridgehead atoms. The van der Waals surface area contributed by atoms with Crippen LogP contribution in [-0.2, 0) is 25.8 Å². The molecule has 0 radical (unpaired) electrons. The van der Waals surface area contributed by atoms with Crippen molar-refractivity contribution >= 4 is 40.5 Å². The van der Waals surface area contributed by atoms with Crippen molar-refractivity contribution in [3.8, 4) is 22.3 Å². The minimum Gasteiger partial charge on any atom is -0.313 e. The van der Waals surface area contributed by atoms with E-state index >= 15 is 0 Å². The summed E-state index contributed by atoms with van der Waals surface area (Å²) in [5, 5.41) is 0.198. The molecule has 6 heteroatoms. The number of hydrogen-bond donors (Lipinski definition) is 0. The van der Waals surface area contributed by atoms with Gasteiger partial charge >= 0.3 is 0 Å². The van der Waals surface area contributed by atoms with Crippen LogP contribution in [0.3, 0.4) is 0 Å². The van der Waals surface area contributed by atoms with E-state index in [-0.39, 0.29) is 21.5 Å². The third-order valence-electron chi connectivity index (χ3n) is 11.4. The second-order valence-corrected chi connectivity index (χ2v) is 15.5. The van der Waals surface area contributed by atoms with Crippen LogP contribution in [-0.4, -0.2) is 40.8 Å². The van der Waals surface area contributed by atoms with E-state index in [9.17, 15) is 9.59 Å². The average Bonchev–Trinajstić information content (AvgIpc) is 3.54. The number of hydrogen-bond acceptors (Lipinski definition) is 4. The van der Waals surface area contributed by atoms with E-state index < -0.39 is 17.2 Å². The highest BCUT2D eigenvalue weighted by atomic mass is 32.1. The molecule has 0 spiro atoms. The van der Waals surface area contributed by atoms with Crippen molar-refractivity contribution < 1.29 is 9.59 Å². The van der Waals surface area contributed by atoms with Crippen molar-refractivity contribution in [3.05, 3.63) is 130 Å². The molecule has 2 aliphatic carbocycles. The average molecular weight is 650 g/mol. The SMILES string of the molecule is CN1C(=O)C(=C/C=C2/N(c3ccc4c(c3)C(C)(C)c3ccccc3-4)c3cc4c(cc3C2(C)C)-c2ccccc2C4(C)C)C(=O)N(C)C1=S. The molecule has 0 atom stereocenters. The van der Waals surface area contributed by atoms with Crippen LogP contribution in [0.2, 0.25) is 0 Å². The maximum atomic E-state index is 13.3. The number of nitrogens with zero attached hydrogens (tertiary/aromatic N) is 3. The Morgan fingerprint density at radius 3 is 1.69 bits per heavy atom. The van der Waals surface area contributed by atoms with E-state index in [1.54, 1.807) is 20.2 Å². The predicted molar refractivity (Wildman–Crippen MR) is 197 cm³/mol. The lowest BCUT2D eigenvalue weighted by Crippen LogP contribution is -2.52. The summed E-state index contributed by atoms with van der Waals surface area (Å²) in [7, 11) is 3.23. The topological polar surface area (TPSA) is 43.9 Å². The van der Waals surface area contributed by atoms with Gasteiger partial charge < -0.3 is 4.90 Å². The Morgan fingerprint density at radius 1 is 0.562 bits per heavy atom. The minimum absolute atomic E-state index is 0.0934. The second-order valence-electron chi connectivity index (χ2n) is 15.1. The zero-order valence-electron chi connectivity index (χ0n) is 28.7. The highest BCUT2D eigenvalue weighted by Crippen LogP contribution is 2.58. The number of carbonyl (C=O) groups excluding carboxylic acids is 2. The minimum atomic E-state index is -0.450. The van der Waals surface area contributed by atoms with E-state index in [4.69, 9.17) is 12.2 Å². The molecule has 2 aliphatic heterocycles. The molecule has 1 saturated heterocycles. The number of fused-ring (bicyclic) bond motifs is 7. The lowest BCUT2D eigenvalue weighted by Gasteiger charge is -2.32. The van der Waals surface area contributed by atoms with Crippen LogP contribution < -0.4 is 4.90 Å². The lowest BCUT2D eigenvalue weighted by atomic mass is 9.79. The van der Waals surface area contributed by atoms with Crippen LogP contribution in [0.1, 0.15) is 69.4 Å². The normalized spacial score (nSPS) is 20.2. The first-order chi connectivity index (χ1) is 22.7. The molecule has 4 aromatic carbocycles. The number of allylic oxidation sites excluding steroid dienone is 3. The van der Waals surface area contributed by atoms with Crippen molar-refractivity contribution in [1.29, 1.82) is 0 Å². The Labute approximate surface area is 288 Å². The smallest absolute Gasteiger partial charge is 0.265 e. The van der Waals surface area contributed by atoms with Gasteiger partial charge in [-0.2, -0.15) is 0 Å². The zero-order valence-corrected chi connectivity index (χ0v) is 29.5. The molecule has 48 heavy (non-hydrogen) atoms. The first-order valence-electron chi connectivity index (χ1n) is 16.5. The Kier molecular flexibility index (Phi) is 6.27. The van der Waals surface area contributed by atoms with Crippen LogP contribution in [0.4, 0.5) is 11.4 Å². The summed E-state index contributed by atoms with van der Waals surface area (Å²) in [6.07, 6.45) is 3.66. The van der Waals surface area contributed by atoms with E-state index in [1.165, 1.54) is 59.9 Å². The van der Waals surface area contributed by atoms with Gasteiger partial charge in [0.05, 0.1) is 5.69 Å². The molecule has 0 unspecified atom stereocenters. The molecule has 2 amide bonds. The van der Waals surface area contributed by atoms with Gasteiger partial charge in [-0.25, -0.2) is 0 Å². The molecule has 5 nitrogen and oxygen atoms in total. The molecular weight excluding hydrogens is 611 g/mol. The summed E-state index contributed by atoms with van der Waals surface area (Å²) in [5.74, 6) is -0.789. The van der Waals surface area contributed by atoms with Gasteiger partial charge in [0.25, 0.3) is 11.8 Å². The Balaban J connectivity index is 1.36. The van der Waals surface area contributed by atoms with Gasteiger partial charge in [-0.1, -0.05) is 96.1 Å². The van der Waals surface area contributed by atoms with Crippen LogP contribution in [0.5, 0.6) is 0 Å². The Bertz CT molecular complexity index is 2190. The second kappa shape index (κ2) is 9.86. The molecule has 1 fully saturated rings. The maximum Gasteiger partial charge on any atom is 0.265 e. The molecule has 0 aromatic heterocycles. The number of thiocarbonyl (C=S) groups is 1. The first kappa shape index (κ1) is 30.5. The van der Waals surface area contributed by atoms with Gasteiger partial charge in [-0.15, -0.1) is 0 Å². The summed E-state index contributed by atoms with van der Waals surface area (Å²) in [6, 6.07) is 29.0. The first-order valence-corrected chi connectivity index (χ1v) is 16.9. The van der Waals surface area contributed by atoms with E-state index in [0.29, 0.717) is 0 Å². The van der Waals surface area contributed by atoms with Crippen molar-refractivity contribution in [2.45, 2.75) is 57.8 Å². The largest absolute Gasteiger partial charge is 0.313 e. The molecule has 0 saturated carbocycles. The predicted octanol–water partition coefficient (Wildman–Crippen LogP) is 8.75. The highest BCUT2D eigenvalue weighted by Gasteiger charge is 2.46. The van der Waals surface area contributed by atoms with E-state index in [0.717, 1.165) is 17.1 Å². The van der Waals surface area contributed by atoms with Gasteiger partial charge in [-0.05, 0) is 98.7 Å². The highest BCUT2D eigenvalue weighted by molar-refractivity contribution is 7.80. The van der Waals surface area contributed by atoms with Gasteiger partial charge in [0.1, 0.15) is 5.57 Å². The third kappa shape index (κ3) is 3.87. The van der Waals surface area contributed by atoms with Gasteiger partial charge in [0.2, 0.25) is 0 Å². The van der Waals surface area contributed by atoms with Crippen LogP contribution >= 0.6 is 12.2 Å². The summed E-state index contributed by atoms with van der Waals surface area (Å²) in [6.45, 7) is 13.7. The van der Waals surface area contributed by atoms with E-state index in [2.05, 4.69) is 125 Å². The fourth-order valence-electron chi connectivity index (χ4n) is 8.52. The van der Waals surface area contributed by atoms with Gasteiger partial charge in [0.15, 0.2) is 5.11 Å². The number of amides is 2. The number of anilines is 2. The molecule has 0 N–H and O–H groups in total. The van der Waals surface area contributed by atoms with Gasteiger partial charge in [0, 0.05) is 41.7 Å². The number of benzene rings is 4.